The monoisotopic (exact) mass is 881 g/mol. The maximum atomic E-state index is 6.71. The number of aromatic nitrogens is 4. The molecule has 0 aliphatic heterocycles. The summed E-state index contributed by atoms with van der Waals surface area (Å²) in [7, 11) is 0. The number of para-hydroxylation sites is 1. The molecule has 3 heterocycles. The zero-order valence-electron chi connectivity index (χ0n) is 32.4. The molecule has 4 aromatic carbocycles. The van der Waals surface area contributed by atoms with Crippen molar-refractivity contribution in [3.63, 3.8) is 0 Å². The largest absolute Gasteiger partial charge is 2.00 e. The average Bonchev–Trinajstić information content (AvgIpc) is 3.60. The smallest absolute Gasteiger partial charge is 0.509 e. The van der Waals surface area contributed by atoms with Gasteiger partial charge < -0.3 is 9.30 Å². The summed E-state index contributed by atoms with van der Waals surface area (Å²) in [6.07, 6.45) is 4.89. The van der Waals surface area contributed by atoms with E-state index in [1.165, 1.54) is 39.1 Å². The van der Waals surface area contributed by atoms with Gasteiger partial charge in [-0.3, -0.25) is 4.68 Å². The Balaban J connectivity index is 0.00000481. The predicted molar refractivity (Wildman–Crippen MR) is 215 cm³/mol. The van der Waals surface area contributed by atoms with Gasteiger partial charge in [-0.25, -0.2) is 4.98 Å². The van der Waals surface area contributed by atoms with Crippen LogP contribution in [0.3, 0.4) is 0 Å². The molecule has 53 heavy (non-hydrogen) atoms. The number of ether oxygens (including phenoxy) is 1. The van der Waals surface area contributed by atoms with Gasteiger partial charge in [0.05, 0.1) is 5.69 Å². The molecule has 7 rings (SSSR count). The Labute approximate surface area is 329 Å². The van der Waals surface area contributed by atoms with E-state index in [0.29, 0.717) is 23.3 Å². The third kappa shape index (κ3) is 7.78. The molecule has 6 heteroatoms. The van der Waals surface area contributed by atoms with Gasteiger partial charge in [-0.15, -0.1) is 41.3 Å². The minimum atomic E-state index is 0. The molecule has 0 spiro atoms. The molecule has 0 unspecified atom stereocenters. The van der Waals surface area contributed by atoms with Gasteiger partial charge >= 0.3 is 21.1 Å². The summed E-state index contributed by atoms with van der Waals surface area (Å²) in [4.78, 5) is 4.84. The summed E-state index contributed by atoms with van der Waals surface area (Å²) in [6.45, 7) is 20.0. The molecule has 0 atom stereocenters. The summed E-state index contributed by atoms with van der Waals surface area (Å²) >= 11 is 0. The molecule has 0 radical (unpaired) electrons. The van der Waals surface area contributed by atoms with Crippen molar-refractivity contribution in [2.24, 2.45) is 11.8 Å². The van der Waals surface area contributed by atoms with Crippen molar-refractivity contribution in [1.29, 1.82) is 0 Å². The number of pyridine rings is 1. The number of aryl methyl sites for hydroxylation is 3. The van der Waals surface area contributed by atoms with Gasteiger partial charge in [-0.2, -0.15) is 11.2 Å². The summed E-state index contributed by atoms with van der Waals surface area (Å²) in [6, 6.07) is 35.1. The second kappa shape index (κ2) is 15.9. The van der Waals surface area contributed by atoms with Crippen LogP contribution in [0.15, 0.2) is 85.1 Å². The Bertz CT molecular complexity index is 2380. The van der Waals surface area contributed by atoms with Crippen molar-refractivity contribution >= 4 is 21.8 Å². The molecule has 5 nitrogen and oxygen atoms in total. The number of rotatable bonds is 11. The van der Waals surface area contributed by atoms with E-state index in [0.717, 1.165) is 58.3 Å². The molecular weight excluding hydrogens is 832 g/mol. The quantitative estimate of drug-likeness (QED) is 0.122. The van der Waals surface area contributed by atoms with Crippen LogP contribution in [0.2, 0.25) is 0 Å². The number of hydrogen-bond acceptors (Lipinski definition) is 3. The number of hydrogen-bond donors (Lipinski definition) is 0. The van der Waals surface area contributed by atoms with Gasteiger partial charge in [0.25, 0.3) is 0 Å². The summed E-state index contributed by atoms with van der Waals surface area (Å²) < 4.78 is 11.0. The first-order chi connectivity index (χ1) is 25.0. The Morgan fingerprint density at radius 3 is 2.21 bits per heavy atom. The van der Waals surface area contributed by atoms with E-state index in [1.807, 2.05) is 12.3 Å². The van der Waals surface area contributed by atoms with Crippen LogP contribution < -0.4 is 4.74 Å². The van der Waals surface area contributed by atoms with Crippen LogP contribution in [0.1, 0.15) is 87.5 Å². The van der Waals surface area contributed by atoms with Crippen LogP contribution in [0.4, 0.5) is 0 Å². The van der Waals surface area contributed by atoms with Gasteiger partial charge in [-0.1, -0.05) is 83.5 Å². The predicted octanol–water partition coefficient (Wildman–Crippen LogP) is 12.3. The molecular formula is C47H50N4OPt. The van der Waals surface area contributed by atoms with Gasteiger partial charge in [0.1, 0.15) is 5.82 Å². The fraction of sp³-hybridized carbons (Fsp3) is 0.319. The summed E-state index contributed by atoms with van der Waals surface area (Å²) in [5.74, 6) is 3.56. The van der Waals surface area contributed by atoms with Crippen molar-refractivity contribution < 1.29 is 25.8 Å². The SMILES string of the molecule is Cc1cccc(C)c1-c1c(C)nn(-c2[c-]c(Oc3[c-]c4c(cc3)c3ccccc3n4-c3cc(CC(C)C)ccn3)cc(C(C)C)c2)c1CCC(C)C.[Pt+2]. The molecule has 0 bridgehead atoms. The zero-order valence-corrected chi connectivity index (χ0v) is 34.7. The van der Waals surface area contributed by atoms with Gasteiger partial charge in [-0.05, 0) is 109 Å². The van der Waals surface area contributed by atoms with Crippen molar-refractivity contribution in [1.82, 2.24) is 19.3 Å². The Kier molecular flexibility index (Phi) is 11.5. The first kappa shape index (κ1) is 38.3. The van der Waals surface area contributed by atoms with E-state index in [9.17, 15) is 0 Å². The van der Waals surface area contributed by atoms with Crippen LogP contribution in [0.25, 0.3) is 44.4 Å². The fourth-order valence-electron chi connectivity index (χ4n) is 7.49. The van der Waals surface area contributed by atoms with Crippen molar-refractivity contribution in [2.75, 3.05) is 0 Å². The normalized spacial score (nSPS) is 11.7. The molecule has 0 fully saturated rings. The number of fused-ring (bicyclic) bond motifs is 3. The van der Waals surface area contributed by atoms with Crippen molar-refractivity contribution in [2.45, 2.75) is 87.5 Å². The van der Waals surface area contributed by atoms with Crippen LogP contribution in [0.5, 0.6) is 11.5 Å². The van der Waals surface area contributed by atoms with E-state index in [2.05, 4.69) is 156 Å². The minimum absolute atomic E-state index is 0. The molecule has 0 saturated heterocycles. The van der Waals surface area contributed by atoms with E-state index in [-0.39, 0.29) is 27.0 Å². The second-order valence-electron chi connectivity index (χ2n) is 15.5. The van der Waals surface area contributed by atoms with E-state index in [4.69, 9.17) is 14.8 Å². The molecule has 0 amide bonds. The van der Waals surface area contributed by atoms with Crippen molar-refractivity contribution in [3.05, 3.63) is 131 Å². The standard InChI is InChI=1S/C47H50N4O.Pt/c1-29(2)17-20-43-47(46-32(7)13-12-14-33(46)8)34(9)49-51(43)37-25-36(31(5)6)26-39(27-37)52-38-18-19-41-40-15-10-11-16-42(40)50(44(41)28-38)45-24-35(21-22-48-45)23-30(3)4;/h10-16,18-19,21-22,24-26,29-31H,17,20,23H2,1-9H3;/q-2;+2. The second-order valence-corrected chi connectivity index (χ2v) is 15.5. The van der Waals surface area contributed by atoms with Gasteiger partial charge in [0.2, 0.25) is 0 Å². The van der Waals surface area contributed by atoms with E-state index in [1.54, 1.807) is 0 Å². The minimum Gasteiger partial charge on any atom is -0.509 e. The summed E-state index contributed by atoms with van der Waals surface area (Å²) in [5.41, 5.74) is 12.7. The molecule has 3 aromatic heterocycles. The third-order valence-corrected chi connectivity index (χ3v) is 10.1. The Morgan fingerprint density at radius 1 is 0.736 bits per heavy atom. The number of nitrogens with zero attached hydrogens (tertiary/aromatic N) is 4. The maximum absolute atomic E-state index is 6.71. The Morgan fingerprint density at radius 2 is 1.49 bits per heavy atom. The molecule has 0 aliphatic rings. The third-order valence-electron chi connectivity index (χ3n) is 10.1. The fourth-order valence-corrected chi connectivity index (χ4v) is 7.49. The van der Waals surface area contributed by atoms with Crippen molar-refractivity contribution in [3.8, 4) is 34.1 Å². The molecule has 0 aliphatic carbocycles. The maximum Gasteiger partial charge on any atom is 2.00 e. The number of benzene rings is 4. The van der Waals surface area contributed by atoms with Crippen LogP contribution in [0, 0.1) is 44.7 Å². The molecule has 7 aromatic rings. The topological polar surface area (TPSA) is 44.9 Å². The van der Waals surface area contributed by atoms with Crippen LogP contribution in [-0.4, -0.2) is 19.3 Å². The average molecular weight is 882 g/mol. The molecule has 274 valence electrons. The first-order valence-electron chi connectivity index (χ1n) is 18.8. The summed E-state index contributed by atoms with van der Waals surface area (Å²) in [5, 5.41) is 7.49. The van der Waals surface area contributed by atoms with Gasteiger partial charge in [0.15, 0.2) is 0 Å². The Hall–Kier alpha value is -4.47. The molecule has 0 N–H and O–H groups in total. The zero-order chi connectivity index (χ0) is 36.7. The first-order valence-corrected chi connectivity index (χ1v) is 18.8. The molecule has 0 saturated carbocycles. The van der Waals surface area contributed by atoms with Crippen LogP contribution in [-0.2, 0) is 33.9 Å². The van der Waals surface area contributed by atoms with E-state index < -0.39 is 0 Å². The van der Waals surface area contributed by atoms with Gasteiger partial charge in [0, 0.05) is 34.5 Å². The van der Waals surface area contributed by atoms with Crippen LogP contribution >= 0.6 is 0 Å². The van der Waals surface area contributed by atoms with E-state index >= 15 is 0 Å².